The number of guanidine groups is 1. The lowest BCUT2D eigenvalue weighted by atomic mass is 9.99. The topological polar surface area (TPSA) is 375 Å². The Balaban J connectivity index is 1.54. The van der Waals surface area contributed by atoms with Gasteiger partial charge in [-0.05, 0) is 81.8 Å². The van der Waals surface area contributed by atoms with Crippen LogP contribution in [0.3, 0.4) is 0 Å². The van der Waals surface area contributed by atoms with E-state index in [1.54, 1.807) is 74.5 Å². The number of carboxylic acid groups (broad SMARTS) is 1. The molecule has 0 radical (unpaired) electrons. The summed E-state index contributed by atoms with van der Waals surface area (Å²) in [4.78, 5) is 161. The molecule has 3 fully saturated rings. The molecule has 0 aromatic heterocycles. The van der Waals surface area contributed by atoms with Gasteiger partial charge in [0.15, 0.2) is 5.96 Å². The first-order valence-corrected chi connectivity index (χ1v) is 27.3. The fraction of sp³-hybridized carbons (Fsp3) is 0.564. The Labute approximate surface area is 465 Å². The monoisotopic (exact) mass is 1110 g/mol. The van der Waals surface area contributed by atoms with E-state index in [4.69, 9.17) is 11.5 Å². The molecule has 3 heterocycles. The van der Waals surface area contributed by atoms with Crippen LogP contribution in [0.4, 0.5) is 0 Å². The number of carbonyl (C=O) groups is 11. The molecule has 10 atom stereocenters. The lowest BCUT2D eigenvalue weighted by Crippen LogP contribution is -2.61. The number of benzene rings is 2. The highest BCUT2D eigenvalue weighted by Gasteiger charge is 2.43. The van der Waals surface area contributed by atoms with Crippen molar-refractivity contribution in [2.75, 3.05) is 19.6 Å². The highest BCUT2D eigenvalue weighted by atomic mass is 16.4. The van der Waals surface area contributed by atoms with Gasteiger partial charge in [0, 0.05) is 32.5 Å². The number of aliphatic imine (C=N–C) groups is 1. The number of hydrogen-bond acceptors (Lipinski definition) is 12. The van der Waals surface area contributed by atoms with Gasteiger partial charge >= 0.3 is 5.97 Å². The molecule has 0 spiro atoms. The highest BCUT2D eigenvalue weighted by molar-refractivity contribution is 6.00. The number of nitrogens with zero attached hydrogens (tertiary/aromatic N) is 3. The largest absolute Gasteiger partial charge is 0.481 e. The van der Waals surface area contributed by atoms with Gasteiger partial charge in [-0.3, -0.25) is 57.7 Å². The summed E-state index contributed by atoms with van der Waals surface area (Å²) in [5.41, 5.74) is 12.4. The number of nitrogens with one attached hydrogen (secondary N) is 8. The molecule has 3 aliphatic rings. The summed E-state index contributed by atoms with van der Waals surface area (Å²) in [6, 6.07) is 4.26. The van der Waals surface area contributed by atoms with E-state index in [9.17, 15) is 57.8 Å². The zero-order chi connectivity index (χ0) is 58.8. The van der Waals surface area contributed by atoms with Crippen LogP contribution in [0.5, 0.6) is 0 Å². The van der Waals surface area contributed by atoms with Crippen molar-refractivity contribution in [3.8, 4) is 0 Å². The Morgan fingerprint density at radius 2 is 0.988 bits per heavy atom. The van der Waals surface area contributed by atoms with Gasteiger partial charge in [-0.25, -0.2) is 0 Å². The van der Waals surface area contributed by atoms with Gasteiger partial charge in [0.05, 0.1) is 6.42 Å². The summed E-state index contributed by atoms with van der Waals surface area (Å²) < 4.78 is 0. The maximum Gasteiger partial charge on any atom is 0.305 e. The molecule has 3 aliphatic heterocycles. The van der Waals surface area contributed by atoms with Crippen LogP contribution in [0, 0.1) is 11.8 Å². The molecule has 0 saturated carbocycles. The molecule has 2 aromatic rings. The van der Waals surface area contributed by atoms with E-state index in [0.717, 1.165) is 0 Å². The van der Waals surface area contributed by atoms with Crippen molar-refractivity contribution < 1.29 is 57.8 Å². The average Bonchev–Trinajstić information content (AvgIpc) is 4.13. The third-order valence-electron chi connectivity index (χ3n) is 14.2. The average molecular weight is 1110 g/mol. The van der Waals surface area contributed by atoms with Crippen molar-refractivity contribution in [2.24, 2.45) is 28.3 Å². The smallest absolute Gasteiger partial charge is 0.305 e. The molecule has 25 nitrogen and oxygen atoms in total. The van der Waals surface area contributed by atoms with Crippen LogP contribution in [0.25, 0.3) is 0 Å². The van der Waals surface area contributed by atoms with Crippen LogP contribution in [0.2, 0.25) is 0 Å². The summed E-state index contributed by atoms with van der Waals surface area (Å²) in [7, 11) is 0. The minimum atomic E-state index is -1.75. The number of hydrogen-bond donors (Lipinski definition) is 11. The molecule has 25 heteroatoms. The van der Waals surface area contributed by atoms with E-state index in [1.165, 1.54) is 23.6 Å². The first-order valence-electron chi connectivity index (χ1n) is 27.3. The Morgan fingerprint density at radius 1 is 0.562 bits per heavy atom. The standard InChI is InChI=1S/C55H79N13O12/c1-30(2)26-37-49(75)65-40(28-35-18-11-8-12-19-35)54(80)67-24-14-21-41(67)50(76)60-33(6)45(71)62-38(29-43(69)70)48(74)59-32(5)46(72)64-39(27-34-16-9-7-10-17-34)53(79)68-25-15-22-42(68)51(77)66-44(31(3)4)52(78)61-36(47(73)63-37)20-13-23-58-55(56)57/h7-12,16-19,30-33,36-42,44H,13-15,20-29H2,1-6H3,(H,59,74)(H,60,76)(H,61,78)(H,62,71)(H,63,73)(H,64,72)(H,65,75)(H,66,77)(H,69,70)(H4,56,57,58)/t32-,33-,36-,37-,38-,39+,40+,41-,42-,44-/m0/s1. The first kappa shape index (κ1) is 62.7. The molecule has 436 valence electrons. The molecule has 80 heavy (non-hydrogen) atoms. The summed E-state index contributed by atoms with van der Waals surface area (Å²) >= 11 is 0. The van der Waals surface area contributed by atoms with Crippen molar-refractivity contribution in [1.82, 2.24) is 52.3 Å². The lowest BCUT2D eigenvalue weighted by Gasteiger charge is -2.32. The summed E-state index contributed by atoms with van der Waals surface area (Å²) in [5.74, 6) is -10.3. The molecule has 0 aliphatic carbocycles. The van der Waals surface area contributed by atoms with Crippen molar-refractivity contribution in [3.63, 3.8) is 0 Å². The molecule has 3 saturated heterocycles. The molecular formula is C55H79N13O12. The Morgan fingerprint density at radius 3 is 1.46 bits per heavy atom. The van der Waals surface area contributed by atoms with Gasteiger partial charge in [0.1, 0.15) is 60.4 Å². The van der Waals surface area contributed by atoms with Gasteiger partial charge in [0.25, 0.3) is 0 Å². The van der Waals surface area contributed by atoms with E-state index in [-0.39, 0.29) is 76.5 Å². The second kappa shape index (κ2) is 29.7. The van der Waals surface area contributed by atoms with Gasteiger partial charge in [-0.15, -0.1) is 0 Å². The normalized spacial score (nSPS) is 26.6. The number of amides is 10. The molecule has 2 aromatic carbocycles. The van der Waals surface area contributed by atoms with Crippen LogP contribution >= 0.6 is 0 Å². The number of aliphatic carboxylic acids is 1. The Hall–Kier alpha value is -8.12. The van der Waals surface area contributed by atoms with Crippen LogP contribution < -0.4 is 54.0 Å². The van der Waals surface area contributed by atoms with Crippen LogP contribution in [-0.2, 0) is 65.6 Å². The number of rotatable bonds is 13. The molecular weight excluding hydrogens is 1030 g/mol. The van der Waals surface area contributed by atoms with Crippen LogP contribution in [-0.4, -0.2) is 166 Å². The minimum absolute atomic E-state index is 0.0262. The maximum absolute atomic E-state index is 14.7. The SMILES string of the molecule is CC(C)C[C@@H]1NC(=O)[C@H](CCCN=C(N)N)NC(=O)[C@H](C(C)C)NC(=O)[C@@H]2CCCN2C(=O)[C@@H](Cc2ccccc2)NC(=O)[C@H](C)NC(=O)[C@H](CC(=O)O)NC(=O)[C@H](C)NC(=O)[C@@H]2CCCN2C(=O)[C@@H](Cc2ccccc2)NC1=O. The van der Waals surface area contributed by atoms with E-state index < -0.39 is 138 Å². The van der Waals surface area contributed by atoms with Crippen LogP contribution in [0.15, 0.2) is 65.7 Å². The predicted molar refractivity (Wildman–Crippen MR) is 293 cm³/mol. The number of fused-ring (bicyclic) bond motifs is 2. The summed E-state index contributed by atoms with van der Waals surface area (Å²) in [6.45, 7) is 9.87. The number of carboxylic acids is 1. The second-order valence-corrected chi connectivity index (χ2v) is 21.4. The third kappa shape index (κ3) is 18.2. The fourth-order valence-corrected chi connectivity index (χ4v) is 9.90. The molecule has 5 rings (SSSR count). The maximum atomic E-state index is 14.7. The summed E-state index contributed by atoms with van der Waals surface area (Å²) in [5, 5.41) is 31.0. The van der Waals surface area contributed by atoms with Gasteiger partial charge < -0.3 is 68.9 Å². The van der Waals surface area contributed by atoms with Crippen molar-refractivity contribution in [2.45, 2.75) is 166 Å². The molecule has 0 unspecified atom stereocenters. The van der Waals surface area contributed by atoms with Crippen molar-refractivity contribution in [3.05, 3.63) is 71.8 Å². The van der Waals surface area contributed by atoms with Gasteiger partial charge in [0.2, 0.25) is 59.1 Å². The zero-order valence-corrected chi connectivity index (χ0v) is 46.3. The van der Waals surface area contributed by atoms with E-state index in [0.29, 0.717) is 24.0 Å². The van der Waals surface area contributed by atoms with E-state index in [1.807, 2.05) is 13.8 Å². The zero-order valence-electron chi connectivity index (χ0n) is 46.3. The Bertz CT molecular complexity index is 2580. The molecule has 13 N–H and O–H groups in total. The molecule has 0 bridgehead atoms. The number of nitrogens with two attached hydrogens (primary N) is 2. The fourth-order valence-electron chi connectivity index (χ4n) is 9.90. The third-order valence-corrected chi connectivity index (χ3v) is 14.2. The van der Waals surface area contributed by atoms with E-state index >= 15 is 0 Å². The van der Waals surface area contributed by atoms with E-state index in [2.05, 4.69) is 47.5 Å². The summed E-state index contributed by atoms with van der Waals surface area (Å²) in [6.07, 6.45) is 0.334. The lowest BCUT2D eigenvalue weighted by molar-refractivity contribution is -0.143. The van der Waals surface area contributed by atoms with Gasteiger partial charge in [-0.1, -0.05) is 88.4 Å². The second-order valence-electron chi connectivity index (χ2n) is 21.4. The van der Waals surface area contributed by atoms with Gasteiger partial charge in [-0.2, -0.15) is 0 Å². The van der Waals surface area contributed by atoms with Crippen molar-refractivity contribution >= 4 is 71.0 Å². The number of carbonyl (C=O) groups excluding carboxylic acids is 10. The Kier molecular flexibility index (Phi) is 23.3. The quantitative estimate of drug-likeness (QED) is 0.0626. The minimum Gasteiger partial charge on any atom is -0.481 e. The highest BCUT2D eigenvalue weighted by Crippen LogP contribution is 2.23. The predicted octanol–water partition coefficient (Wildman–Crippen LogP) is -1.38. The van der Waals surface area contributed by atoms with Crippen molar-refractivity contribution in [1.29, 1.82) is 0 Å². The molecule has 10 amide bonds. The van der Waals surface area contributed by atoms with Crippen LogP contribution in [0.1, 0.15) is 104 Å². The first-order chi connectivity index (χ1) is 37.9.